The van der Waals surface area contributed by atoms with Crippen LogP contribution in [0.15, 0.2) is 91.3 Å². The van der Waals surface area contributed by atoms with Crippen LogP contribution in [0.4, 0.5) is 5.69 Å². The summed E-state index contributed by atoms with van der Waals surface area (Å²) in [7, 11) is 0. The molecule has 0 radical (unpaired) electrons. The van der Waals surface area contributed by atoms with E-state index < -0.39 is 0 Å². The Bertz CT molecular complexity index is 1320. The zero-order valence-corrected chi connectivity index (χ0v) is 16.4. The minimum Gasteiger partial charge on any atom is -0.489 e. The minimum absolute atomic E-state index is 0.420. The van der Waals surface area contributed by atoms with Crippen molar-refractivity contribution < 1.29 is 9.47 Å². The Morgan fingerprint density at radius 2 is 1.57 bits per heavy atom. The van der Waals surface area contributed by atoms with Crippen LogP contribution in [-0.4, -0.2) is 22.6 Å². The lowest BCUT2D eigenvalue weighted by atomic mass is 10.1. The molecule has 5 nitrogen and oxygen atoms in total. The molecule has 0 saturated carbocycles. The molecule has 0 bridgehead atoms. The molecule has 0 saturated heterocycles. The first-order valence-electron chi connectivity index (χ1n) is 9.85. The van der Waals surface area contributed by atoms with E-state index in [0.29, 0.717) is 24.7 Å². The second kappa shape index (κ2) is 7.79. The summed E-state index contributed by atoms with van der Waals surface area (Å²) in [5.41, 5.74) is 9.22. The van der Waals surface area contributed by atoms with Gasteiger partial charge in [-0.05, 0) is 35.7 Å². The molecule has 3 aromatic carbocycles. The number of benzene rings is 3. The van der Waals surface area contributed by atoms with Crippen LogP contribution in [0.25, 0.3) is 27.7 Å². The SMILES string of the molecule is Nc1cccc(-c2cn3cccc(OCCOc4cccc5ccccc45)c3n2)c1. The molecule has 0 aliphatic rings. The van der Waals surface area contributed by atoms with Crippen molar-refractivity contribution in [3.63, 3.8) is 0 Å². The van der Waals surface area contributed by atoms with Gasteiger partial charge < -0.3 is 19.6 Å². The largest absolute Gasteiger partial charge is 0.489 e. The van der Waals surface area contributed by atoms with Crippen molar-refractivity contribution in [3.8, 4) is 22.8 Å². The smallest absolute Gasteiger partial charge is 0.180 e. The second-order valence-electron chi connectivity index (χ2n) is 7.03. The normalized spacial score (nSPS) is 11.1. The zero-order valence-electron chi connectivity index (χ0n) is 16.4. The van der Waals surface area contributed by atoms with E-state index in [1.165, 1.54) is 0 Å². The summed E-state index contributed by atoms with van der Waals surface area (Å²) >= 11 is 0. The summed E-state index contributed by atoms with van der Waals surface area (Å²) < 4.78 is 13.9. The number of nitrogens with zero attached hydrogens (tertiary/aromatic N) is 2. The number of hydrogen-bond acceptors (Lipinski definition) is 4. The number of anilines is 1. The maximum Gasteiger partial charge on any atom is 0.180 e. The number of nitrogen functional groups attached to an aromatic ring is 1. The molecule has 0 aliphatic heterocycles. The highest BCUT2D eigenvalue weighted by Gasteiger charge is 2.09. The van der Waals surface area contributed by atoms with E-state index in [-0.39, 0.29) is 0 Å². The Kier molecular flexibility index (Phi) is 4.69. The highest BCUT2D eigenvalue weighted by Crippen LogP contribution is 2.27. The minimum atomic E-state index is 0.420. The number of hydrogen-bond donors (Lipinski definition) is 1. The third kappa shape index (κ3) is 3.53. The summed E-state index contributed by atoms with van der Waals surface area (Å²) in [4.78, 5) is 4.74. The fraction of sp³-hybridized carbons (Fsp3) is 0.0800. The Hall–Kier alpha value is -3.99. The molecule has 2 aromatic heterocycles. The zero-order chi connectivity index (χ0) is 20.3. The van der Waals surface area contributed by atoms with Crippen molar-refractivity contribution >= 4 is 22.1 Å². The van der Waals surface area contributed by atoms with E-state index in [1.807, 2.05) is 77.5 Å². The van der Waals surface area contributed by atoms with Gasteiger partial charge in [-0.25, -0.2) is 4.98 Å². The van der Waals surface area contributed by atoms with E-state index in [1.54, 1.807) is 0 Å². The molecule has 2 heterocycles. The van der Waals surface area contributed by atoms with Crippen molar-refractivity contribution in [3.05, 3.63) is 91.3 Å². The van der Waals surface area contributed by atoms with E-state index in [0.717, 1.165) is 33.4 Å². The molecule has 5 aromatic rings. The van der Waals surface area contributed by atoms with Crippen LogP contribution in [0, 0.1) is 0 Å². The fourth-order valence-corrected chi connectivity index (χ4v) is 3.56. The fourth-order valence-electron chi connectivity index (χ4n) is 3.56. The third-order valence-corrected chi connectivity index (χ3v) is 4.98. The average Bonchev–Trinajstić information content (AvgIpc) is 3.22. The van der Waals surface area contributed by atoms with Gasteiger partial charge in [0.05, 0.1) is 5.69 Å². The van der Waals surface area contributed by atoms with Crippen LogP contribution in [-0.2, 0) is 0 Å². The first-order valence-corrected chi connectivity index (χ1v) is 9.85. The maximum atomic E-state index is 5.99. The predicted molar refractivity (Wildman–Crippen MR) is 120 cm³/mol. The summed E-state index contributed by atoms with van der Waals surface area (Å²) in [5, 5.41) is 2.26. The van der Waals surface area contributed by atoms with Gasteiger partial charge in [-0.3, -0.25) is 0 Å². The first kappa shape index (κ1) is 18.1. The predicted octanol–water partition coefficient (Wildman–Crippen LogP) is 5.19. The number of fused-ring (bicyclic) bond motifs is 2. The van der Waals surface area contributed by atoms with E-state index in [4.69, 9.17) is 20.2 Å². The molecule has 0 fully saturated rings. The van der Waals surface area contributed by atoms with Crippen LogP contribution in [0.3, 0.4) is 0 Å². The molecular weight excluding hydrogens is 374 g/mol. The number of aromatic nitrogens is 2. The molecule has 0 atom stereocenters. The quantitative estimate of drug-likeness (QED) is 0.317. The van der Waals surface area contributed by atoms with Gasteiger partial charge in [-0.2, -0.15) is 0 Å². The van der Waals surface area contributed by atoms with Gasteiger partial charge >= 0.3 is 0 Å². The standard InChI is InChI=1S/C25H21N3O2/c26-20-9-3-8-19(16-20)22-17-28-13-5-12-24(25(28)27-22)30-15-14-29-23-11-4-7-18-6-1-2-10-21(18)23/h1-13,16-17H,14-15,26H2. The maximum absolute atomic E-state index is 5.99. The van der Waals surface area contributed by atoms with E-state index in [2.05, 4.69) is 18.2 Å². The van der Waals surface area contributed by atoms with Crippen molar-refractivity contribution in [1.29, 1.82) is 0 Å². The first-order chi connectivity index (χ1) is 14.8. The highest BCUT2D eigenvalue weighted by atomic mass is 16.5. The number of nitrogens with two attached hydrogens (primary N) is 1. The summed E-state index contributed by atoms with van der Waals surface area (Å²) in [5.74, 6) is 1.58. The Morgan fingerprint density at radius 1 is 0.800 bits per heavy atom. The number of imidazole rings is 1. The van der Waals surface area contributed by atoms with Crippen molar-refractivity contribution in [2.75, 3.05) is 18.9 Å². The van der Waals surface area contributed by atoms with Crippen LogP contribution >= 0.6 is 0 Å². The third-order valence-electron chi connectivity index (χ3n) is 4.98. The molecule has 5 rings (SSSR count). The Labute approximate surface area is 174 Å². The molecule has 0 aliphatic carbocycles. The average molecular weight is 395 g/mol. The highest BCUT2D eigenvalue weighted by molar-refractivity contribution is 5.88. The number of rotatable bonds is 6. The van der Waals surface area contributed by atoms with Crippen LogP contribution in [0.5, 0.6) is 11.5 Å². The van der Waals surface area contributed by atoms with Gasteiger partial charge in [0.1, 0.15) is 19.0 Å². The van der Waals surface area contributed by atoms with Gasteiger partial charge in [-0.1, -0.05) is 48.5 Å². The van der Waals surface area contributed by atoms with Crippen LogP contribution < -0.4 is 15.2 Å². The number of ether oxygens (including phenoxy) is 2. The summed E-state index contributed by atoms with van der Waals surface area (Å²) in [6, 6.07) is 25.8. The Morgan fingerprint density at radius 3 is 2.47 bits per heavy atom. The molecule has 0 spiro atoms. The molecule has 30 heavy (non-hydrogen) atoms. The molecule has 0 unspecified atom stereocenters. The molecular formula is C25H21N3O2. The van der Waals surface area contributed by atoms with Crippen molar-refractivity contribution in [1.82, 2.24) is 9.38 Å². The van der Waals surface area contributed by atoms with Crippen molar-refractivity contribution in [2.45, 2.75) is 0 Å². The summed E-state index contributed by atoms with van der Waals surface area (Å²) in [6.45, 7) is 0.862. The van der Waals surface area contributed by atoms with E-state index in [9.17, 15) is 0 Å². The van der Waals surface area contributed by atoms with Crippen molar-refractivity contribution in [2.24, 2.45) is 0 Å². The van der Waals surface area contributed by atoms with Gasteiger partial charge in [0.15, 0.2) is 11.4 Å². The van der Waals surface area contributed by atoms with Crippen LogP contribution in [0.1, 0.15) is 0 Å². The topological polar surface area (TPSA) is 61.8 Å². The van der Waals surface area contributed by atoms with Gasteiger partial charge in [-0.15, -0.1) is 0 Å². The van der Waals surface area contributed by atoms with Crippen LogP contribution in [0.2, 0.25) is 0 Å². The lowest BCUT2D eigenvalue weighted by Crippen LogP contribution is -2.09. The van der Waals surface area contributed by atoms with Gasteiger partial charge in [0.2, 0.25) is 0 Å². The molecule has 0 amide bonds. The lowest BCUT2D eigenvalue weighted by molar-refractivity contribution is 0.219. The monoisotopic (exact) mass is 395 g/mol. The van der Waals surface area contributed by atoms with Gasteiger partial charge in [0, 0.05) is 29.0 Å². The number of pyridine rings is 1. The molecule has 5 heteroatoms. The Balaban J connectivity index is 1.31. The second-order valence-corrected chi connectivity index (χ2v) is 7.03. The molecule has 148 valence electrons. The molecule has 2 N–H and O–H groups in total. The summed E-state index contributed by atoms with van der Waals surface area (Å²) in [6.07, 6.45) is 3.93. The van der Waals surface area contributed by atoms with Gasteiger partial charge in [0.25, 0.3) is 0 Å². The van der Waals surface area contributed by atoms with E-state index >= 15 is 0 Å². The lowest BCUT2D eigenvalue weighted by Gasteiger charge is -2.11.